The molecule has 2 aliphatic heterocycles. The quantitative estimate of drug-likeness (QED) is 0.911. The van der Waals surface area contributed by atoms with E-state index in [0.717, 1.165) is 38.9 Å². The third kappa shape index (κ3) is 3.40. The van der Waals surface area contributed by atoms with Gasteiger partial charge in [-0.1, -0.05) is 54.6 Å². The Kier molecular flexibility index (Phi) is 5.02. The van der Waals surface area contributed by atoms with Crippen LogP contribution in [0.25, 0.3) is 0 Å². The summed E-state index contributed by atoms with van der Waals surface area (Å²) in [5, 5.41) is 3.45. The predicted molar refractivity (Wildman–Crippen MR) is 108 cm³/mol. The van der Waals surface area contributed by atoms with Crippen LogP contribution in [0.4, 0.5) is 0 Å². The maximum atomic E-state index is 13.1. The highest BCUT2D eigenvalue weighted by atomic mass is 16.2. The number of likely N-dealkylation sites (tertiary alicyclic amines) is 1. The van der Waals surface area contributed by atoms with Crippen molar-refractivity contribution in [2.75, 3.05) is 27.2 Å². The fraction of sp³-hybridized carbons (Fsp3) is 0.435. The molecule has 0 spiro atoms. The number of carbonyl (C=O) groups excluding carboxylic acids is 1. The van der Waals surface area contributed by atoms with Gasteiger partial charge < -0.3 is 10.2 Å². The number of benzene rings is 2. The van der Waals surface area contributed by atoms with Crippen molar-refractivity contribution in [1.29, 1.82) is 0 Å². The van der Waals surface area contributed by atoms with E-state index < -0.39 is 0 Å². The molecule has 2 heterocycles. The van der Waals surface area contributed by atoms with E-state index in [-0.39, 0.29) is 17.5 Å². The molecule has 0 radical (unpaired) electrons. The van der Waals surface area contributed by atoms with Crippen molar-refractivity contribution in [1.82, 2.24) is 15.1 Å². The second-order valence-corrected chi connectivity index (χ2v) is 8.02. The summed E-state index contributed by atoms with van der Waals surface area (Å²) < 4.78 is 0. The molecular weight excluding hydrogens is 334 g/mol. The molecule has 1 N–H and O–H groups in total. The Morgan fingerprint density at radius 2 is 1.63 bits per heavy atom. The largest absolute Gasteiger partial charge is 0.341 e. The Hall–Kier alpha value is -2.17. The standard InChI is InChI=1S/C23H29N3O/c1-25(2)23(20-10-4-3-5-11-20)12-14-26(15-13-23)22(27)21-16-18-8-6-7-9-19(18)17-24-21/h3-11,21,24H,12-17H2,1-2H3. The Morgan fingerprint density at radius 1 is 1.00 bits per heavy atom. The van der Waals surface area contributed by atoms with Crippen molar-refractivity contribution in [3.8, 4) is 0 Å². The van der Waals surface area contributed by atoms with Crippen LogP contribution in [0.3, 0.4) is 0 Å². The summed E-state index contributed by atoms with van der Waals surface area (Å²) in [6.07, 6.45) is 2.74. The average Bonchev–Trinajstić information content (AvgIpc) is 2.73. The minimum Gasteiger partial charge on any atom is -0.341 e. The third-order valence-corrected chi connectivity index (χ3v) is 6.45. The molecule has 0 aliphatic carbocycles. The topological polar surface area (TPSA) is 35.6 Å². The van der Waals surface area contributed by atoms with Gasteiger partial charge in [0.2, 0.25) is 5.91 Å². The molecule has 0 bridgehead atoms. The second-order valence-electron chi connectivity index (χ2n) is 8.02. The summed E-state index contributed by atoms with van der Waals surface area (Å²) in [6, 6.07) is 19.1. The fourth-order valence-electron chi connectivity index (χ4n) is 4.69. The second kappa shape index (κ2) is 7.45. The normalized spacial score (nSPS) is 21.7. The van der Waals surface area contributed by atoms with Crippen molar-refractivity contribution < 1.29 is 4.79 Å². The zero-order chi connectivity index (χ0) is 18.9. The molecular formula is C23H29N3O. The third-order valence-electron chi connectivity index (χ3n) is 6.45. The first kappa shape index (κ1) is 18.2. The smallest absolute Gasteiger partial charge is 0.240 e. The van der Waals surface area contributed by atoms with Crippen LogP contribution in [0.1, 0.15) is 29.5 Å². The van der Waals surface area contributed by atoms with Crippen LogP contribution in [0.5, 0.6) is 0 Å². The van der Waals surface area contributed by atoms with E-state index in [2.05, 4.69) is 83.8 Å². The van der Waals surface area contributed by atoms with Crippen LogP contribution >= 0.6 is 0 Å². The fourth-order valence-corrected chi connectivity index (χ4v) is 4.69. The summed E-state index contributed by atoms with van der Waals surface area (Å²) in [4.78, 5) is 17.5. The van der Waals surface area contributed by atoms with Crippen LogP contribution in [0.15, 0.2) is 54.6 Å². The lowest BCUT2D eigenvalue weighted by molar-refractivity contribution is -0.136. The van der Waals surface area contributed by atoms with Gasteiger partial charge >= 0.3 is 0 Å². The van der Waals surface area contributed by atoms with Gasteiger partial charge in [0, 0.05) is 25.2 Å². The van der Waals surface area contributed by atoms with Crippen molar-refractivity contribution in [3.63, 3.8) is 0 Å². The zero-order valence-electron chi connectivity index (χ0n) is 16.3. The van der Waals surface area contributed by atoms with E-state index in [1.54, 1.807) is 0 Å². The van der Waals surface area contributed by atoms with Crippen molar-refractivity contribution in [3.05, 3.63) is 71.3 Å². The maximum Gasteiger partial charge on any atom is 0.240 e. The first-order valence-electron chi connectivity index (χ1n) is 9.92. The number of amides is 1. The van der Waals surface area contributed by atoms with Gasteiger partial charge in [-0.15, -0.1) is 0 Å². The Labute approximate surface area is 162 Å². The van der Waals surface area contributed by atoms with E-state index in [1.807, 2.05) is 0 Å². The number of hydrogen-bond donors (Lipinski definition) is 1. The monoisotopic (exact) mass is 363 g/mol. The number of hydrogen-bond acceptors (Lipinski definition) is 3. The lowest BCUT2D eigenvalue weighted by Crippen LogP contribution is -2.56. The van der Waals surface area contributed by atoms with E-state index in [0.29, 0.717) is 0 Å². The molecule has 2 aromatic carbocycles. The molecule has 2 aliphatic rings. The molecule has 0 aromatic heterocycles. The Bertz CT molecular complexity index is 794. The highest BCUT2D eigenvalue weighted by Crippen LogP contribution is 2.37. The van der Waals surface area contributed by atoms with E-state index >= 15 is 0 Å². The summed E-state index contributed by atoms with van der Waals surface area (Å²) in [5.74, 6) is 0.255. The average molecular weight is 364 g/mol. The molecule has 142 valence electrons. The molecule has 4 nitrogen and oxygen atoms in total. The van der Waals surface area contributed by atoms with Gasteiger partial charge in [0.05, 0.1) is 6.04 Å². The van der Waals surface area contributed by atoms with E-state index in [1.165, 1.54) is 16.7 Å². The number of piperidine rings is 1. The molecule has 1 unspecified atom stereocenters. The molecule has 2 aromatic rings. The first-order valence-corrected chi connectivity index (χ1v) is 9.92. The Morgan fingerprint density at radius 3 is 2.30 bits per heavy atom. The summed E-state index contributed by atoms with van der Waals surface area (Å²) in [7, 11) is 4.31. The zero-order valence-corrected chi connectivity index (χ0v) is 16.3. The van der Waals surface area contributed by atoms with Crippen LogP contribution in [-0.2, 0) is 23.3 Å². The number of fused-ring (bicyclic) bond motifs is 1. The van der Waals surface area contributed by atoms with E-state index in [4.69, 9.17) is 0 Å². The highest BCUT2D eigenvalue weighted by molar-refractivity contribution is 5.82. The lowest BCUT2D eigenvalue weighted by Gasteiger charge is -2.47. The highest BCUT2D eigenvalue weighted by Gasteiger charge is 2.40. The number of nitrogens with one attached hydrogen (secondary N) is 1. The maximum absolute atomic E-state index is 13.1. The summed E-state index contributed by atoms with van der Waals surface area (Å²) in [6.45, 7) is 2.41. The van der Waals surface area contributed by atoms with E-state index in [9.17, 15) is 4.79 Å². The molecule has 0 saturated carbocycles. The van der Waals surface area contributed by atoms with Crippen LogP contribution in [0, 0.1) is 0 Å². The van der Waals surface area contributed by atoms with Crippen molar-refractivity contribution >= 4 is 5.91 Å². The molecule has 4 rings (SSSR count). The number of nitrogens with zero attached hydrogens (tertiary/aromatic N) is 2. The number of carbonyl (C=O) groups is 1. The SMILES string of the molecule is CN(C)C1(c2ccccc2)CCN(C(=O)C2Cc3ccccc3CN2)CC1. The van der Waals surface area contributed by atoms with Crippen molar-refractivity contribution in [2.24, 2.45) is 0 Å². The van der Waals surface area contributed by atoms with Gasteiger partial charge in [0.1, 0.15) is 0 Å². The molecule has 1 amide bonds. The predicted octanol–water partition coefficient (Wildman–Crippen LogP) is 2.78. The van der Waals surface area contributed by atoms with Crippen LogP contribution in [0.2, 0.25) is 0 Å². The van der Waals surface area contributed by atoms with Crippen LogP contribution in [-0.4, -0.2) is 48.9 Å². The molecule has 27 heavy (non-hydrogen) atoms. The van der Waals surface area contributed by atoms with Gasteiger partial charge in [-0.3, -0.25) is 9.69 Å². The molecule has 1 saturated heterocycles. The summed E-state index contributed by atoms with van der Waals surface area (Å²) >= 11 is 0. The minimum absolute atomic E-state index is 0.0185. The van der Waals surface area contributed by atoms with Gasteiger partial charge in [-0.2, -0.15) is 0 Å². The lowest BCUT2D eigenvalue weighted by atomic mass is 9.79. The summed E-state index contributed by atoms with van der Waals surface area (Å²) in [5.41, 5.74) is 3.99. The molecule has 4 heteroatoms. The molecule has 1 atom stereocenters. The van der Waals surface area contributed by atoms with Crippen LogP contribution < -0.4 is 5.32 Å². The van der Waals surface area contributed by atoms with Gasteiger partial charge in [-0.05, 0) is 50.0 Å². The van der Waals surface area contributed by atoms with Gasteiger partial charge in [-0.25, -0.2) is 0 Å². The molecule has 1 fully saturated rings. The van der Waals surface area contributed by atoms with Crippen molar-refractivity contribution in [2.45, 2.75) is 37.4 Å². The minimum atomic E-state index is -0.0940. The van der Waals surface area contributed by atoms with Gasteiger partial charge in [0.15, 0.2) is 0 Å². The Balaban J connectivity index is 1.45. The van der Waals surface area contributed by atoms with Gasteiger partial charge in [0.25, 0.3) is 0 Å². The number of rotatable bonds is 3. The first-order chi connectivity index (χ1) is 13.1.